The summed E-state index contributed by atoms with van der Waals surface area (Å²) in [7, 11) is 0. The second-order valence-corrected chi connectivity index (χ2v) is 6.95. The normalized spacial score (nSPS) is 13.1. The molecular formula is C16H27BrN2. The molecule has 2 N–H and O–H groups in total. The van der Waals surface area contributed by atoms with E-state index in [2.05, 4.69) is 66.7 Å². The van der Waals surface area contributed by atoms with Crippen molar-refractivity contribution < 1.29 is 0 Å². The highest BCUT2D eigenvalue weighted by Crippen LogP contribution is 2.27. The lowest BCUT2D eigenvalue weighted by molar-refractivity contribution is 0.571. The maximum Gasteiger partial charge on any atom is 0.0380 e. The van der Waals surface area contributed by atoms with Gasteiger partial charge in [-0.1, -0.05) is 35.8 Å². The van der Waals surface area contributed by atoms with Crippen molar-refractivity contribution in [2.45, 2.75) is 53.1 Å². The second-order valence-electron chi connectivity index (χ2n) is 6.10. The summed E-state index contributed by atoms with van der Waals surface area (Å²) in [5.41, 5.74) is 8.44. The van der Waals surface area contributed by atoms with Gasteiger partial charge in [0.2, 0.25) is 0 Å². The van der Waals surface area contributed by atoms with Crippen LogP contribution in [-0.4, -0.2) is 18.6 Å². The Morgan fingerprint density at radius 2 is 1.79 bits per heavy atom. The van der Waals surface area contributed by atoms with Crippen molar-refractivity contribution in [3.05, 3.63) is 28.2 Å². The minimum Gasteiger partial charge on any atom is -0.369 e. The van der Waals surface area contributed by atoms with E-state index in [1.807, 2.05) is 6.92 Å². The molecule has 0 heterocycles. The SMILES string of the molecule is CC(C)CN(c1ccc(CC(C)N)c(Br)c1)C(C)C. The minimum absolute atomic E-state index is 0.194. The van der Waals surface area contributed by atoms with Gasteiger partial charge in [0, 0.05) is 28.8 Å². The summed E-state index contributed by atoms with van der Waals surface area (Å²) in [5, 5.41) is 0. The van der Waals surface area contributed by atoms with Crippen molar-refractivity contribution in [3.8, 4) is 0 Å². The van der Waals surface area contributed by atoms with Crippen LogP contribution in [0, 0.1) is 5.92 Å². The van der Waals surface area contributed by atoms with Crippen molar-refractivity contribution in [1.82, 2.24) is 0 Å². The van der Waals surface area contributed by atoms with Gasteiger partial charge in [-0.05, 0) is 50.8 Å². The van der Waals surface area contributed by atoms with Crippen LogP contribution in [-0.2, 0) is 6.42 Å². The van der Waals surface area contributed by atoms with E-state index in [0.29, 0.717) is 12.0 Å². The lowest BCUT2D eigenvalue weighted by Gasteiger charge is -2.31. The van der Waals surface area contributed by atoms with Crippen molar-refractivity contribution in [2.24, 2.45) is 11.7 Å². The Hall–Kier alpha value is -0.540. The first-order valence-electron chi connectivity index (χ1n) is 7.12. The fourth-order valence-electron chi connectivity index (χ4n) is 2.24. The average molecular weight is 327 g/mol. The second kappa shape index (κ2) is 7.30. The Kier molecular flexibility index (Phi) is 6.34. The molecule has 0 amide bonds. The average Bonchev–Trinajstić information content (AvgIpc) is 2.27. The Morgan fingerprint density at radius 1 is 1.16 bits per heavy atom. The molecule has 0 saturated carbocycles. The molecule has 0 spiro atoms. The number of benzene rings is 1. The van der Waals surface area contributed by atoms with Crippen molar-refractivity contribution in [1.29, 1.82) is 0 Å². The maximum atomic E-state index is 5.87. The van der Waals surface area contributed by atoms with Crippen LogP contribution in [0.25, 0.3) is 0 Å². The Balaban J connectivity index is 2.96. The van der Waals surface area contributed by atoms with Gasteiger partial charge in [0.05, 0.1) is 0 Å². The van der Waals surface area contributed by atoms with Crippen LogP contribution in [0.15, 0.2) is 22.7 Å². The molecule has 1 rings (SSSR count). The van der Waals surface area contributed by atoms with Gasteiger partial charge >= 0.3 is 0 Å². The van der Waals surface area contributed by atoms with Crippen molar-refractivity contribution >= 4 is 21.6 Å². The van der Waals surface area contributed by atoms with Gasteiger partial charge in [0.25, 0.3) is 0 Å². The van der Waals surface area contributed by atoms with E-state index in [0.717, 1.165) is 17.4 Å². The lowest BCUT2D eigenvalue weighted by atomic mass is 10.1. The minimum atomic E-state index is 0.194. The van der Waals surface area contributed by atoms with Crippen LogP contribution in [0.2, 0.25) is 0 Å². The molecule has 0 saturated heterocycles. The first-order valence-corrected chi connectivity index (χ1v) is 7.91. The first kappa shape index (κ1) is 16.5. The van der Waals surface area contributed by atoms with Gasteiger partial charge in [-0.3, -0.25) is 0 Å². The van der Waals surface area contributed by atoms with E-state index in [-0.39, 0.29) is 6.04 Å². The number of hydrogen-bond donors (Lipinski definition) is 1. The summed E-state index contributed by atoms with van der Waals surface area (Å²) in [6, 6.07) is 7.33. The highest BCUT2D eigenvalue weighted by molar-refractivity contribution is 9.10. The fourth-order valence-corrected chi connectivity index (χ4v) is 2.76. The summed E-state index contributed by atoms with van der Waals surface area (Å²) in [5.74, 6) is 0.657. The Bertz CT molecular complexity index is 400. The monoisotopic (exact) mass is 326 g/mol. The lowest BCUT2D eigenvalue weighted by Crippen LogP contribution is -2.34. The first-order chi connectivity index (χ1) is 8.81. The van der Waals surface area contributed by atoms with E-state index in [9.17, 15) is 0 Å². The maximum absolute atomic E-state index is 5.87. The quantitative estimate of drug-likeness (QED) is 0.848. The summed E-state index contributed by atoms with van der Waals surface area (Å²) in [6.07, 6.45) is 0.909. The number of halogens is 1. The van der Waals surface area contributed by atoms with Crippen LogP contribution in [0.3, 0.4) is 0 Å². The number of rotatable bonds is 6. The molecular weight excluding hydrogens is 300 g/mol. The zero-order valence-corrected chi connectivity index (χ0v) is 14.4. The van der Waals surface area contributed by atoms with Crippen LogP contribution in [0.4, 0.5) is 5.69 Å². The summed E-state index contributed by atoms with van der Waals surface area (Å²) < 4.78 is 1.16. The number of nitrogens with two attached hydrogens (primary N) is 1. The molecule has 3 heteroatoms. The smallest absolute Gasteiger partial charge is 0.0380 e. The molecule has 1 atom stereocenters. The fraction of sp³-hybridized carbons (Fsp3) is 0.625. The Labute approximate surface area is 126 Å². The van der Waals surface area contributed by atoms with Crippen molar-refractivity contribution in [2.75, 3.05) is 11.4 Å². The molecule has 0 aliphatic carbocycles. The molecule has 0 radical (unpaired) electrons. The van der Waals surface area contributed by atoms with E-state index < -0.39 is 0 Å². The van der Waals surface area contributed by atoms with Crippen LogP contribution in [0.5, 0.6) is 0 Å². The highest BCUT2D eigenvalue weighted by Gasteiger charge is 2.14. The van der Waals surface area contributed by atoms with Gasteiger partial charge in [0.15, 0.2) is 0 Å². The molecule has 0 aromatic heterocycles. The van der Waals surface area contributed by atoms with E-state index >= 15 is 0 Å². The molecule has 1 unspecified atom stereocenters. The predicted octanol–water partition coefficient (Wildman–Crippen LogP) is 4.21. The van der Waals surface area contributed by atoms with E-state index in [4.69, 9.17) is 5.73 Å². The zero-order chi connectivity index (χ0) is 14.6. The predicted molar refractivity (Wildman–Crippen MR) is 88.8 cm³/mol. The summed E-state index contributed by atoms with van der Waals surface area (Å²) in [4.78, 5) is 2.45. The third-order valence-electron chi connectivity index (χ3n) is 3.10. The molecule has 0 aliphatic rings. The Morgan fingerprint density at radius 3 is 2.21 bits per heavy atom. The highest BCUT2D eigenvalue weighted by atomic mass is 79.9. The van der Waals surface area contributed by atoms with Crippen LogP contribution < -0.4 is 10.6 Å². The summed E-state index contributed by atoms with van der Waals surface area (Å²) in [6.45, 7) is 12.1. The van der Waals surface area contributed by atoms with Gasteiger partial charge in [-0.25, -0.2) is 0 Å². The van der Waals surface area contributed by atoms with E-state index in [1.165, 1.54) is 11.3 Å². The standard InChI is InChI=1S/C16H27BrN2/c1-11(2)10-19(12(3)4)15-7-6-14(8-13(5)18)16(17)9-15/h6-7,9,11-13H,8,10,18H2,1-5H3. The number of hydrogen-bond acceptors (Lipinski definition) is 2. The summed E-state index contributed by atoms with van der Waals surface area (Å²) >= 11 is 3.68. The molecule has 2 nitrogen and oxygen atoms in total. The van der Waals surface area contributed by atoms with Gasteiger partial charge in [-0.2, -0.15) is 0 Å². The van der Waals surface area contributed by atoms with Crippen LogP contribution >= 0.6 is 15.9 Å². The molecule has 1 aromatic carbocycles. The van der Waals surface area contributed by atoms with Gasteiger partial charge < -0.3 is 10.6 Å². The third kappa shape index (κ3) is 5.15. The van der Waals surface area contributed by atoms with E-state index in [1.54, 1.807) is 0 Å². The molecule has 0 aliphatic heterocycles. The van der Waals surface area contributed by atoms with Crippen molar-refractivity contribution in [3.63, 3.8) is 0 Å². The largest absolute Gasteiger partial charge is 0.369 e. The molecule has 19 heavy (non-hydrogen) atoms. The zero-order valence-electron chi connectivity index (χ0n) is 12.8. The number of nitrogens with zero attached hydrogens (tertiary/aromatic N) is 1. The molecule has 0 bridgehead atoms. The third-order valence-corrected chi connectivity index (χ3v) is 3.83. The number of anilines is 1. The van der Waals surface area contributed by atoms with Gasteiger partial charge in [-0.15, -0.1) is 0 Å². The molecule has 0 fully saturated rings. The topological polar surface area (TPSA) is 29.3 Å². The molecule has 108 valence electrons. The van der Waals surface area contributed by atoms with Gasteiger partial charge in [0.1, 0.15) is 0 Å². The van der Waals surface area contributed by atoms with Crippen LogP contribution in [0.1, 0.15) is 40.2 Å². The molecule has 1 aromatic rings.